The van der Waals surface area contributed by atoms with Gasteiger partial charge in [-0.3, -0.25) is 0 Å². The molecular weight excluding hydrogens is 419 g/mol. The van der Waals surface area contributed by atoms with Crippen LogP contribution in [0.4, 0.5) is 0 Å². The number of rotatable bonds is 0. The molecule has 0 spiro atoms. The average molecular weight is 419 g/mol. The fraction of sp³-hybridized carbons (Fsp3) is 0. The zero-order valence-corrected chi connectivity index (χ0v) is 10.7. The van der Waals surface area contributed by atoms with Gasteiger partial charge >= 0.3 is 84.1 Å². The van der Waals surface area contributed by atoms with Crippen molar-refractivity contribution >= 4 is 58.1 Å². The van der Waals surface area contributed by atoms with Gasteiger partial charge in [0.05, 0.1) is 0 Å². The number of hydrogen-bond acceptors (Lipinski definition) is 0. The Balaban J connectivity index is 0. The van der Waals surface area contributed by atoms with Crippen LogP contribution in [-0.2, 0) is 26.0 Å². The van der Waals surface area contributed by atoms with Gasteiger partial charge in [-0.05, 0) is 0 Å². The molecule has 0 bridgehead atoms. The first-order valence-corrected chi connectivity index (χ1v) is 13.4. The van der Waals surface area contributed by atoms with E-state index in [1.165, 1.54) is 0 Å². The van der Waals surface area contributed by atoms with Gasteiger partial charge in [0.15, 0.2) is 0 Å². The predicted molar refractivity (Wildman–Crippen MR) is 35.1 cm³/mol. The van der Waals surface area contributed by atoms with E-state index in [9.17, 15) is 0 Å². The average Bonchev–Trinajstić information content (AvgIpc) is 0.592. The van der Waals surface area contributed by atoms with E-state index >= 15 is 0 Å². The maximum atomic E-state index is 5.04. The summed E-state index contributed by atoms with van der Waals surface area (Å²) in [6.07, 6.45) is 0. The summed E-state index contributed by atoms with van der Waals surface area (Å²) in [7, 11) is 30.2. The Kier molecular flexibility index (Phi) is 4.23. The molecule has 0 aromatic carbocycles. The van der Waals surface area contributed by atoms with Crippen LogP contribution in [-0.4, -0.2) is 0 Å². The third-order valence-corrected chi connectivity index (χ3v) is 0. The second-order valence-electron chi connectivity index (χ2n) is 0.714. The van der Waals surface area contributed by atoms with E-state index in [2.05, 4.69) is 0 Å². The van der Waals surface area contributed by atoms with E-state index in [4.69, 9.17) is 58.1 Å². The number of halogens is 6. The molecule has 0 aliphatic heterocycles. The van der Waals surface area contributed by atoms with E-state index in [-0.39, 0.29) is 19.5 Å². The topological polar surface area (TPSA) is 0 Å². The van der Waals surface area contributed by atoms with Gasteiger partial charge in [0.2, 0.25) is 0 Å². The Morgan fingerprint density at radius 3 is 0.625 bits per heavy atom. The molecule has 0 fully saturated rings. The standard InChI is InChI=1S/6ClH.2Rh/h6*1H;;/q;;;;;;2*+3/p-6. The van der Waals surface area contributed by atoms with Crippen molar-refractivity contribution in [1.82, 2.24) is 0 Å². The third kappa shape index (κ3) is 64.3. The van der Waals surface area contributed by atoms with E-state index in [0.29, 0.717) is 0 Å². The molecule has 0 radical (unpaired) electrons. The van der Waals surface area contributed by atoms with Crippen LogP contribution in [0.3, 0.4) is 0 Å². The quantitative estimate of drug-likeness (QED) is 0.519. The van der Waals surface area contributed by atoms with Crippen molar-refractivity contribution in [2.75, 3.05) is 0 Å². The van der Waals surface area contributed by atoms with E-state index in [0.717, 1.165) is 0 Å². The van der Waals surface area contributed by atoms with Gasteiger partial charge < -0.3 is 0 Å². The molecule has 8 heteroatoms. The van der Waals surface area contributed by atoms with Crippen LogP contribution in [0.25, 0.3) is 0 Å². The molecule has 8 heavy (non-hydrogen) atoms. The first-order chi connectivity index (χ1) is 2.45. The zero-order chi connectivity index (χ0) is 6.41. The first kappa shape index (κ1) is 13.6. The van der Waals surface area contributed by atoms with E-state index in [1.54, 1.807) is 0 Å². The second kappa shape index (κ2) is 2.49. The Hall–Kier alpha value is 2.99. The molecule has 0 N–H and O–H groups in total. The van der Waals surface area contributed by atoms with Crippen LogP contribution in [0.1, 0.15) is 0 Å². The molecule has 0 saturated carbocycles. The molecule has 0 aromatic heterocycles. The summed E-state index contributed by atoms with van der Waals surface area (Å²) >= 11 is 0. The van der Waals surface area contributed by atoms with Crippen molar-refractivity contribution in [2.45, 2.75) is 0 Å². The predicted octanol–water partition coefficient (Wildman–Crippen LogP) is 4.13. The fourth-order valence-electron chi connectivity index (χ4n) is 0. The van der Waals surface area contributed by atoms with Crippen molar-refractivity contribution in [3.63, 3.8) is 0 Å². The molecule has 0 nitrogen and oxygen atoms in total. The SMILES string of the molecule is [Cl][Rh-3]([Cl])([Cl])([Cl])([Cl])[Cl].[Rh+3]. The van der Waals surface area contributed by atoms with Crippen LogP contribution in [0.5, 0.6) is 0 Å². The monoisotopic (exact) mass is 416 g/mol. The molecule has 0 aliphatic carbocycles. The molecule has 0 heterocycles. The van der Waals surface area contributed by atoms with Crippen molar-refractivity contribution in [3.8, 4) is 0 Å². The summed E-state index contributed by atoms with van der Waals surface area (Å²) in [5, 5.41) is 0. The summed E-state index contributed by atoms with van der Waals surface area (Å²) in [5.74, 6) is 0. The maximum absolute atomic E-state index is 5.15. The van der Waals surface area contributed by atoms with Gasteiger partial charge in [-0.25, -0.2) is 0 Å². The van der Waals surface area contributed by atoms with Crippen molar-refractivity contribution < 1.29 is 26.0 Å². The minimum atomic E-state index is -5.15. The van der Waals surface area contributed by atoms with Crippen LogP contribution in [0, 0.1) is 0 Å². The van der Waals surface area contributed by atoms with E-state index in [1.807, 2.05) is 0 Å². The normalized spacial score (nSPS) is 20.2. The molecule has 60 valence electrons. The van der Waals surface area contributed by atoms with Crippen molar-refractivity contribution in [2.24, 2.45) is 0 Å². The summed E-state index contributed by atoms with van der Waals surface area (Å²) in [6.45, 7) is -5.15. The van der Waals surface area contributed by atoms with E-state index < -0.39 is 6.48 Å². The Morgan fingerprint density at radius 2 is 0.625 bits per heavy atom. The molecule has 0 unspecified atom stereocenters. The van der Waals surface area contributed by atoms with Crippen molar-refractivity contribution in [3.05, 3.63) is 0 Å². The van der Waals surface area contributed by atoms with Crippen molar-refractivity contribution in [1.29, 1.82) is 0 Å². The third-order valence-electron chi connectivity index (χ3n) is 0. The van der Waals surface area contributed by atoms with Crippen LogP contribution < -0.4 is 0 Å². The molecule has 0 rings (SSSR count). The largest absolute Gasteiger partial charge is 3.00 e. The summed E-state index contributed by atoms with van der Waals surface area (Å²) in [6, 6.07) is 0. The minimum Gasteiger partial charge on any atom is 3.00 e. The fourth-order valence-corrected chi connectivity index (χ4v) is 0. The number of hydrogen-bond donors (Lipinski definition) is 0. The zero-order valence-electron chi connectivity index (χ0n) is 2.93. The molecule has 0 aromatic rings. The Morgan fingerprint density at radius 1 is 0.625 bits per heavy atom. The second-order valence-corrected chi connectivity index (χ2v) is 38.0. The molecular formula is Cl6Rh2. The molecule has 0 amide bonds. The van der Waals surface area contributed by atoms with Gasteiger partial charge in [-0.15, -0.1) is 0 Å². The van der Waals surface area contributed by atoms with Gasteiger partial charge in [0.25, 0.3) is 0 Å². The smallest absolute Gasteiger partial charge is 3.00 e. The minimum absolute atomic E-state index is 0. The summed E-state index contributed by atoms with van der Waals surface area (Å²) < 4.78 is 0. The van der Waals surface area contributed by atoms with Gasteiger partial charge in [0, 0.05) is 0 Å². The molecule has 0 atom stereocenters. The molecule has 0 saturated heterocycles. The Labute approximate surface area is 82.8 Å². The summed E-state index contributed by atoms with van der Waals surface area (Å²) in [5.41, 5.74) is 0. The van der Waals surface area contributed by atoms with Crippen LogP contribution in [0.15, 0.2) is 0 Å². The van der Waals surface area contributed by atoms with Crippen LogP contribution >= 0.6 is 58.1 Å². The van der Waals surface area contributed by atoms with Gasteiger partial charge in [0.1, 0.15) is 0 Å². The van der Waals surface area contributed by atoms with Crippen LogP contribution in [0.2, 0.25) is 0 Å². The summed E-state index contributed by atoms with van der Waals surface area (Å²) in [4.78, 5) is 0. The first-order valence-electron chi connectivity index (χ1n) is 0.756. The maximum Gasteiger partial charge on any atom is 3.00 e. The Bertz CT molecular complexity index is 65.1. The van der Waals surface area contributed by atoms with Gasteiger partial charge in [-0.2, -0.15) is 0 Å². The van der Waals surface area contributed by atoms with Gasteiger partial charge in [-0.1, -0.05) is 0 Å². The molecule has 0 aliphatic rings.